The molecule has 0 bridgehead atoms. The monoisotopic (exact) mass is 275 g/mol. The highest BCUT2D eigenvalue weighted by molar-refractivity contribution is 5.71. The third-order valence-electron chi connectivity index (χ3n) is 3.75. The highest BCUT2D eigenvalue weighted by Gasteiger charge is 2.20. The van der Waals surface area contributed by atoms with Crippen molar-refractivity contribution in [1.82, 2.24) is 14.5 Å². The number of rotatable bonds is 6. The average Bonchev–Trinajstić information content (AvgIpc) is 3.08. The van der Waals surface area contributed by atoms with E-state index in [-0.39, 0.29) is 0 Å². The van der Waals surface area contributed by atoms with E-state index in [9.17, 15) is 0 Å². The van der Waals surface area contributed by atoms with E-state index in [2.05, 4.69) is 9.55 Å². The van der Waals surface area contributed by atoms with Gasteiger partial charge in [0.1, 0.15) is 11.3 Å². The normalized spacial score (nSPS) is 18.9. The van der Waals surface area contributed by atoms with Gasteiger partial charge in [-0.25, -0.2) is 9.97 Å². The molecular weight excluding hydrogens is 254 g/mol. The van der Waals surface area contributed by atoms with Crippen molar-refractivity contribution in [2.24, 2.45) is 0 Å². The Kier molecular flexibility index (Phi) is 4.28. The molecule has 0 aliphatic carbocycles. The van der Waals surface area contributed by atoms with E-state index in [1.807, 2.05) is 18.3 Å². The molecule has 2 aromatic heterocycles. The van der Waals surface area contributed by atoms with Crippen LogP contribution < -0.4 is 0 Å². The summed E-state index contributed by atoms with van der Waals surface area (Å²) < 4.78 is 13.1. The van der Waals surface area contributed by atoms with Crippen molar-refractivity contribution < 1.29 is 9.47 Å². The van der Waals surface area contributed by atoms with Gasteiger partial charge in [0.2, 0.25) is 0 Å². The molecule has 0 saturated carbocycles. The SMILES string of the molecule is COCCCn1c(CC2CCCO2)nc2cccnc21. The fourth-order valence-corrected chi connectivity index (χ4v) is 2.77. The van der Waals surface area contributed by atoms with Crippen molar-refractivity contribution in [2.45, 2.75) is 38.3 Å². The quantitative estimate of drug-likeness (QED) is 0.758. The number of aryl methyl sites for hydroxylation is 1. The molecule has 0 radical (unpaired) electrons. The summed E-state index contributed by atoms with van der Waals surface area (Å²) in [5.41, 5.74) is 1.94. The minimum Gasteiger partial charge on any atom is -0.385 e. The summed E-state index contributed by atoms with van der Waals surface area (Å²) >= 11 is 0. The van der Waals surface area contributed by atoms with Crippen LogP contribution in [0.5, 0.6) is 0 Å². The van der Waals surface area contributed by atoms with Gasteiger partial charge < -0.3 is 14.0 Å². The fourth-order valence-electron chi connectivity index (χ4n) is 2.77. The van der Waals surface area contributed by atoms with Gasteiger partial charge in [0.05, 0.1) is 6.10 Å². The smallest absolute Gasteiger partial charge is 0.159 e. The molecule has 3 heterocycles. The number of methoxy groups -OCH3 is 1. The first-order valence-electron chi connectivity index (χ1n) is 7.29. The van der Waals surface area contributed by atoms with Crippen LogP contribution in [0.25, 0.3) is 11.2 Å². The van der Waals surface area contributed by atoms with E-state index < -0.39 is 0 Å². The maximum absolute atomic E-state index is 5.74. The summed E-state index contributed by atoms with van der Waals surface area (Å²) in [6.07, 6.45) is 6.28. The first kappa shape index (κ1) is 13.5. The Bertz CT molecular complexity index is 561. The van der Waals surface area contributed by atoms with Gasteiger partial charge in [0, 0.05) is 39.5 Å². The highest BCUT2D eigenvalue weighted by Crippen LogP contribution is 2.20. The van der Waals surface area contributed by atoms with Gasteiger partial charge in [-0.15, -0.1) is 0 Å². The van der Waals surface area contributed by atoms with Crippen LogP contribution in [-0.2, 0) is 22.4 Å². The van der Waals surface area contributed by atoms with Gasteiger partial charge in [0.15, 0.2) is 5.65 Å². The molecule has 1 saturated heterocycles. The second-order valence-corrected chi connectivity index (χ2v) is 5.21. The van der Waals surface area contributed by atoms with E-state index in [4.69, 9.17) is 14.5 Å². The molecule has 0 aromatic carbocycles. The Morgan fingerprint density at radius 3 is 3.25 bits per heavy atom. The average molecular weight is 275 g/mol. The summed E-state index contributed by atoms with van der Waals surface area (Å²) in [4.78, 5) is 9.21. The summed E-state index contributed by atoms with van der Waals surface area (Å²) in [6, 6.07) is 3.96. The molecule has 0 spiro atoms. The third-order valence-corrected chi connectivity index (χ3v) is 3.75. The molecule has 1 fully saturated rings. The Morgan fingerprint density at radius 2 is 2.45 bits per heavy atom. The lowest BCUT2D eigenvalue weighted by molar-refractivity contribution is 0.109. The molecule has 1 aliphatic heterocycles. The molecular formula is C15H21N3O2. The Labute approximate surface area is 118 Å². The molecule has 2 aromatic rings. The van der Waals surface area contributed by atoms with Crippen LogP contribution in [0, 0.1) is 0 Å². The number of ether oxygens (including phenoxy) is 2. The van der Waals surface area contributed by atoms with Crippen LogP contribution in [0.1, 0.15) is 25.1 Å². The van der Waals surface area contributed by atoms with Crippen LogP contribution in [0.4, 0.5) is 0 Å². The molecule has 1 aliphatic rings. The van der Waals surface area contributed by atoms with Crippen LogP contribution in [0.15, 0.2) is 18.3 Å². The van der Waals surface area contributed by atoms with Crippen LogP contribution in [-0.4, -0.2) is 41.0 Å². The summed E-state index contributed by atoms with van der Waals surface area (Å²) in [5.74, 6) is 1.08. The third kappa shape index (κ3) is 2.83. The summed E-state index contributed by atoms with van der Waals surface area (Å²) in [6.45, 7) is 2.53. The molecule has 0 amide bonds. The number of pyridine rings is 1. The predicted molar refractivity (Wildman–Crippen MR) is 76.7 cm³/mol. The van der Waals surface area contributed by atoms with E-state index >= 15 is 0 Å². The van der Waals surface area contributed by atoms with Gasteiger partial charge >= 0.3 is 0 Å². The first-order chi connectivity index (χ1) is 9.88. The minimum atomic E-state index is 0.313. The number of hydrogen-bond donors (Lipinski definition) is 0. The standard InChI is InChI=1S/C15H21N3O2/c1-19-9-4-8-18-14(11-12-5-3-10-20-12)17-13-6-2-7-16-15(13)18/h2,6-7,12H,3-5,8-11H2,1H3. The van der Waals surface area contributed by atoms with Gasteiger partial charge in [0.25, 0.3) is 0 Å². The summed E-state index contributed by atoms with van der Waals surface area (Å²) in [5, 5.41) is 0. The molecule has 20 heavy (non-hydrogen) atoms. The maximum atomic E-state index is 5.74. The lowest BCUT2D eigenvalue weighted by Gasteiger charge is -2.11. The second-order valence-electron chi connectivity index (χ2n) is 5.21. The lowest BCUT2D eigenvalue weighted by atomic mass is 10.2. The van der Waals surface area contributed by atoms with Crippen LogP contribution in [0.2, 0.25) is 0 Å². The number of fused-ring (bicyclic) bond motifs is 1. The Hall–Kier alpha value is -1.46. The Balaban J connectivity index is 1.85. The van der Waals surface area contributed by atoms with Gasteiger partial charge in [-0.05, 0) is 31.4 Å². The number of nitrogens with zero attached hydrogens (tertiary/aromatic N) is 3. The number of hydrogen-bond acceptors (Lipinski definition) is 4. The zero-order chi connectivity index (χ0) is 13.8. The minimum absolute atomic E-state index is 0.313. The van der Waals surface area contributed by atoms with Crippen molar-refractivity contribution in [3.05, 3.63) is 24.2 Å². The molecule has 1 unspecified atom stereocenters. The van der Waals surface area contributed by atoms with Crippen molar-refractivity contribution in [3.8, 4) is 0 Å². The molecule has 3 rings (SSSR count). The molecule has 0 N–H and O–H groups in total. The maximum Gasteiger partial charge on any atom is 0.159 e. The van der Waals surface area contributed by atoms with Crippen molar-refractivity contribution in [2.75, 3.05) is 20.3 Å². The topological polar surface area (TPSA) is 49.2 Å². The zero-order valence-corrected chi connectivity index (χ0v) is 11.9. The number of aromatic nitrogens is 3. The summed E-state index contributed by atoms with van der Waals surface area (Å²) in [7, 11) is 1.73. The van der Waals surface area contributed by atoms with E-state index in [1.54, 1.807) is 7.11 Å². The molecule has 108 valence electrons. The predicted octanol–water partition coefficient (Wildman–Crippen LogP) is 2.19. The Morgan fingerprint density at radius 1 is 1.50 bits per heavy atom. The zero-order valence-electron chi connectivity index (χ0n) is 11.9. The van der Waals surface area contributed by atoms with Crippen molar-refractivity contribution >= 4 is 11.2 Å². The van der Waals surface area contributed by atoms with Crippen LogP contribution in [0.3, 0.4) is 0 Å². The van der Waals surface area contributed by atoms with Crippen molar-refractivity contribution in [3.63, 3.8) is 0 Å². The van der Waals surface area contributed by atoms with E-state index in [0.29, 0.717) is 6.10 Å². The highest BCUT2D eigenvalue weighted by atomic mass is 16.5. The molecule has 5 heteroatoms. The number of imidazole rings is 1. The van der Waals surface area contributed by atoms with Crippen LogP contribution >= 0.6 is 0 Å². The molecule has 5 nitrogen and oxygen atoms in total. The first-order valence-corrected chi connectivity index (χ1v) is 7.29. The van der Waals surface area contributed by atoms with Gasteiger partial charge in [-0.3, -0.25) is 0 Å². The van der Waals surface area contributed by atoms with Crippen molar-refractivity contribution in [1.29, 1.82) is 0 Å². The lowest BCUT2D eigenvalue weighted by Crippen LogP contribution is -2.15. The van der Waals surface area contributed by atoms with Gasteiger partial charge in [-0.1, -0.05) is 0 Å². The molecule has 1 atom stereocenters. The van der Waals surface area contributed by atoms with E-state index in [1.165, 1.54) is 0 Å². The second kappa shape index (κ2) is 6.33. The van der Waals surface area contributed by atoms with Gasteiger partial charge in [-0.2, -0.15) is 0 Å². The largest absolute Gasteiger partial charge is 0.385 e. The fraction of sp³-hybridized carbons (Fsp3) is 0.600. The van der Waals surface area contributed by atoms with E-state index in [0.717, 1.165) is 62.4 Å².